The van der Waals surface area contributed by atoms with E-state index in [0.29, 0.717) is 0 Å². The minimum absolute atomic E-state index is 0. The zero-order valence-electron chi connectivity index (χ0n) is 8.08. The van der Waals surface area contributed by atoms with Gasteiger partial charge in [0.25, 0.3) is 0 Å². The summed E-state index contributed by atoms with van der Waals surface area (Å²) >= 11 is 0. The van der Waals surface area contributed by atoms with Crippen LogP contribution in [0.2, 0.25) is 0 Å². The van der Waals surface area contributed by atoms with Crippen LogP contribution in [0.1, 0.15) is 0 Å². The molecule has 0 aromatic heterocycles. The first-order valence-corrected chi connectivity index (χ1v) is 0. The third-order valence-corrected chi connectivity index (χ3v) is 0. The number of hydrogen-bond acceptors (Lipinski definition) is 0. The van der Waals surface area contributed by atoms with Crippen molar-refractivity contribution in [3.05, 3.63) is 0 Å². The van der Waals surface area contributed by atoms with E-state index in [-0.39, 0.29) is 219 Å². The average molecular weight is 324 g/mol. The smallest absolute Gasteiger partial charge is 2.00 e. The average Bonchev–Trinajstić information content (AvgIpc) is 0. The van der Waals surface area contributed by atoms with Gasteiger partial charge in [0.15, 0.2) is 0 Å². The van der Waals surface area contributed by atoms with Gasteiger partial charge >= 0.3 is 175 Å². The van der Waals surface area contributed by atoms with Crippen LogP contribution in [-0.4, -0.2) is 0 Å². The summed E-state index contributed by atoms with van der Waals surface area (Å²) in [5.74, 6) is 0. The van der Waals surface area contributed by atoms with Crippen molar-refractivity contribution in [1.82, 2.24) is 0 Å². The van der Waals surface area contributed by atoms with Gasteiger partial charge in [-0.05, 0) is 0 Å². The minimum Gasteiger partial charge on any atom is -2.00 e. The Kier molecular flexibility index (Phi) is 3330. The molecular weight excluding hydrogens is 324 g/mol. The fraction of sp³-hybridized carbons (Fsp3) is 0. The molecule has 0 saturated heterocycles. The van der Waals surface area contributed by atoms with Crippen molar-refractivity contribution in [2.75, 3.05) is 0 Å². The van der Waals surface area contributed by atoms with E-state index in [4.69, 9.17) is 0 Å². The summed E-state index contributed by atoms with van der Waals surface area (Å²) in [6.45, 7) is 0. The SMILES string of the molecule is [Cr+6].[Cr+6].[K+].[K+].[Li+].[Li+].[O-2].[O-2].[O-2].[O-2].[O-2].[O-2].[O-2].[O-2]. The molecule has 0 aliphatic heterocycles. The van der Waals surface area contributed by atoms with Gasteiger partial charge in [0, 0.05) is 0 Å². The fourth-order valence-electron chi connectivity index (χ4n) is 0. The Balaban J connectivity index is 0. The molecule has 14 heteroatoms. The zero-order valence-corrected chi connectivity index (χ0v) is 16.9. The number of hydrogen-bond donors (Lipinski definition) is 0. The summed E-state index contributed by atoms with van der Waals surface area (Å²) < 4.78 is 0. The molecule has 64 valence electrons. The standard InChI is InChI=1S/2Cr.2K.2Li.8O/q2*+6;4*+1;8*-2. The van der Waals surface area contributed by atoms with Gasteiger partial charge in [-0.2, -0.15) is 0 Å². The van der Waals surface area contributed by atoms with E-state index in [1.54, 1.807) is 0 Å². The Hall–Kier alpha value is 5.21. The van der Waals surface area contributed by atoms with Crippen molar-refractivity contribution >= 4 is 0 Å². The van der Waals surface area contributed by atoms with Crippen molar-refractivity contribution in [1.29, 1.82) is 0 Å². The first-order valence-electron chi connectivity index (χ1n) is 0. The van der Waals surface area contributed by atoms with Gasteiger partial charge in [0.2, 0.25) is 0 Å². The molecule has 0 unspecified atom stereocenters. The molecule has 0 N–H and O–H groups in total. The van der Waals surface area contributed by atoms with E-state index in [0.717, 1.165) is 0 Å². The second-order valence-corrected chi connectivity index (χ2v) is 0. The van der Waals surface area contributed by atoms with E-state index in [9.17, 15) is 0 Å². The predicted octanol–water partition coefficient (Wildman–Crippen LogP) is -12.9. The molecule has 0 aliphatic carbocycles. The predicted molar refractivity (Wildman–Crippen MR) is 5.49 cm³/mol. The van der Waals surface area contributed by atoms with E-state index in [2.05, 4.69) is 0 Å². The molecule has 0 bridgehead atoms. The largest absolute Gasteiger partial charge is 6.00 e. The summed E-state index contributed by atoms with van der Waals surface area (Å²) in [7, 11) is 0. The number of rotatable bonds is 0. The minimum atomic E-state index is 0. The molecule has 0 spiro atoms. The first kappa shape index (κ1) is 235. The van der Waals surface area contributed by atoms with Crippen LogP contribution in [0.4, 0.5) is 0 Å². The molecule has 8 nitrogen and oxygen atoms in total. The van der Waals surface area contributed by atoms with Gasteiger partial charge in [-0.3, -0.25) is 0 Å². The third-order valence-electron chi connectivity index (χ3n) is 0. The third kappa shape index (κ3) is 167. The van der Waals surface area contributed by atoms with Crippen molar-refractivity contribution in [2.45, 2.75) is 0 Å². The van der Waals surface area contributed by atoms with Crippen molar-refractivity contribution in [2.24, 2.45) is 0 Å². The topological polar surface area (TPSA) is 228 Å². The summed E-state index contributed by atoms with van der Waals surface area (Å²) in [5, 5.41) is 0. The van der Waals surface area contributed by atoms with E-state index >= 15 is 0 Å². The first-order chi connectivity index (χ1) is 0. The van der Waals surface area contributed by atoms with Gasteiger partial charge < -0.3 is 43.8 Å². The molecular formula is Cr2K2Li2O8. The Morgan fingerprint density at radius 3 is 0.286 bits per heavy atom. The van der Waals surface area contributed by atoms with Gasteiger partial charge in [-0.15, -0.1) is 0 Å². The van der Waals surface area contributed by atoms with Gasteiger partial charge in [-0.1, -0.05) is 0 Å². The fourth-order valence-corrected chi connectivity index (χ4v) is 0. The molecule has 0 amide bonds. The zero-order chi connectivity index (χ0) is 0. The van der Waals surface area contributed by atoms with Crippen LogP contribution >= 0.6 is 0 Å². The van der Waals surface area contributed by atoms with Crippen LogP contribution in [0, 0.1) is 0 Å². The van der Waals surface area contributed by atoms with Crippen molar-refractivity contribution in [3.8, 4) is 0 Å². The molecule has 0 aliphatic rings. The van der Waals surface area contributed by atoms with Crippen molar-refractivity contribution in [3.63, 3.8) is 0 Å². The maximum absolute atomic E-state index is 0. The monoisotopic (exact) mass is 324 g/mol. The molecule has 0 fully saturated rings. The van der Waals surface area contributed by atoms with Crippen LogP contribution in [0.15, 0.2) is 0 Å². The quantitative estimate of drug-likeness (QED) is 0.378. The second-order valence-electron chi connectivity index (χ2n) is 0. The summed E-state index contributed by atoms with van der Waals surface area (Å²) in [4.78, 5) is 0. The van der Waals surface area contributed by atoms with Gasteiger partial charge in [-0.25, -0.2) is 0 Å². The van der Waals surface area contributed by atoms with Crippen LogP contribution in [0.25, 0.3) is 0 Å². The molecule has 0 rings (SSSR count). The van der Waals surface area contributed by atoms with Crippen LogP contribution in [0.5, 0.6) is 0 Å². The molecule has 0 radical (unpaired) electrons. The summed E-state index contributed by atoms with van der Waals surface area (Å²) in [5.41, 5.74) is 0. The molecule has 0 atom stereocenters. The van der Waals surface area contributed by atoms with Crippen LogP contribution < -0.4 is 140 Å². The van der Waals surface area contributed by atoms with Gasteiger partial charge in [0.1, 0.15) is 0 Å². The summed E-state index contributed by atoms with van der Waals surface area (Å²) in [6, 6.07) is 0. The van der Waals surface area contributed by atoms with Gasteiger partial charge in [0.05, 0.1) is 0 Å². The van der Waals surface area contributed by atoms with Crippen molar-refractivity contribution < 1.29 is 219 Å². The Morgan fingerprint density at radius 1 is 0.286 bits per heavy atom. The Morgan fingerprint density at radius 2 is 0.286 bits per heavy atom. The maximum Gasteiger partial charge on any atom is 6.00 e. The van der Waals surface area contributed by atoms with Crippen LogP contribution in [-0.2, 0) is 78.5 Å². The Labute approximate surface area is 213 Å². The molecule has 0 saturated carbocycles. The molecule has 0 heterocycles. The van der Waals surface area contributed by atoms with Crippen LogP contribution in [0.3, 0.4) is 0 Å². The second kappa shape index (κ2) is 199. The molecule has 14 heavy (non-hydrogen) atoms. The molecule has 0 aromatic rings. The summed E-state index contributed by atoms with van der Waals surface area (Å²) in [6.07, 6.45) is 0. The maximum atomic E-state index is 0. The van der Waals surface area contributed by atoms with E-state index in [1.165, 1.54) is 0 Å². The molecule has 0 aromatic carbocycles. The normalized spacial score (nSPS) is 0. The Bertz CT molecular complexity index is 23.3. The van der Waals surface area contributed by atoms with E-state index in [1.807, 2.05) is 0 Å². The van der Waals surface area contributed by atoms with E-state index < -0.39 is 0 Å².